The van der Waals surface area contributed by atoms with Crippen LogP contribution in [0.25, 0.3) is 0 Å². The predicted octanol–water partition coefficient (Wildman–Crippen LogP) is 3.03. The molecule has 2 aromatic rings. The molecule has 0 radical (unpaired) electrons. The van der Waals surface area contributed by atoms with Crippen LogP contribution in [-0.4, -0.2) is 28.4 Å². The maximum atomic E-state index is 6.09. The number of rotatable bonds is 10. The third-order valence-electron chi connectivity index (χ3n) is 4.47. The van der Waals surface area contributed by atoms with Crippen molar-refractivity contribution in [3.63, 3.8) is 0 Å². The van der Waals surface area contributed by atoms with Gasteiger partial charge in [0.1, 0.15) is 0 Å². The lowest BCUT2D eigenvalue weighted by Gasteiger charge is -2.20. The number of methoxy groups -OCH3 is 4. The van der Waals surface area contributed by atoms with Crippen LogP contribution >= 0.6 is 0 Å². The van der Waals surface area contributed by atoms with Crippen molar-refractivity contribution in [2.24, 2.45) is 0 Å². The Morgan fingerprint density at radius 1 is 0.556 bits per heavy atom. The van der Waals surface area contributed by atoms with Crippen molar-refractivity contribution in [3.8, 4) is 0 Å². The van der Waals surface area contributed by atoms with E-state index in [9.17, 15) is 0 Å². The van der Waals surface area contributed by atoms with E-state index in [1.165, 1.54) is 0 Å². The fourth-order valence-electron chi connectivity index (χ4n) is 3.42. The number of hydrogen-bond acceptors (Lipinski definition) is 6. The molecule has 0 aliphatic rings. The SMILES string of the molecule is COCc1cc(N)cc(COC)c1Cc1c(COC)cc(N)cc1COC. The Kier molecular flexibility index (Phi) is 8.06. The van der Waals surface area contributed by atoms with Crippen LogP contribution in [0.4, 0.5) is 11.4 Å². The van der Waals surface area contributed by atoms with Gasteiger partial charge in [-0.15, -0.1) is 0 Å². The van der Waals surface area contributed by atoms with Crippen LogP contribution in [-0.2, 0) is 51.8 Å². The molecule has 0 saturated heterocycles. The average molecular weight is 374 g/mol. The first kappa shape index (κ1) is 21.2. The molecule has 27 heavy (non-hydrogen) atoms. The monoisotopic (exact) mass is 374 g/mol. The van der Waals surface area contributed by atoms with Gasteiger partial charge in [0.2, 0.25) is 0 Å². The zero-order valence-corrected chi connectivity index (χ0v) is 16.6. The van der Waals surface area contributed by atoms with Gasteiger partial charge in [0.15, 0.2) is 0 Å². The van der Waals surface area contributed by atoms with Crippen LogP contribution < -0.4 is 11.5 Å². The van der Waals surface area contributed by atoms with Gasteiger partial charge in [-0.05, 0) is 64.1 Å². The molecular formula is C21H30N2O4. The topological polar surface area (TPSA) is 89.0 Å². The van der Waals surface area contributed by atoms with Gasteiger partial charge in [-0.1, -0.05) is 0 Å². The highest BCUT2D eigenvalue weighted by molar-refractivity contribution is 5.55. The fraction of sp³-hybridized carbons (Fsp3) is 0.429. The zero-order chi connectivity index (χ0) is 19.8. The summed E-state index contributed by atoms with van der Waals surface area (Å²) in [6, 6.07) is 7.84. The molecule has 0 fully saturated rings. The Balaban J connectivity index is 2.60. The minimum atomic E-state index is 0.477. The number of nitrogen functional groups attached to an aromatic ring is 2. The molecule has 0 aromatic heterocycles. The highest BCUT2D eigenvalue weighted by Crippen LogP contribution is 2.29. The number of anilines is 2. The van der Waals surface area contributed by atoms with Gasteiger partial charge < -0.3 is 30.4 Å². The number of benzene rings is 2. The molecule has 0 heterocycles. The molecule has 0 spiro atoms. The van der Waals surface area contributed by atoms with Crippen LogP contribution in [0.5, 0.6) is 0 Å². The van der Waals surface area contributed by atoms with Crippen molar-refractivity contribution >= 4 is 11.4 Å². The standard InChI is InChI=1S/C21H30N2O4/c1-24-10-14-5-18(22)6-15(11-25-2)20(14)9-21-16(12-26-3)7-19(23)8-17(21)13-27-4/h5-8H,9-13,22-23H2,1-4H3. The molecule has 6 heteroatoms. The molecule has 148 valence electrons. The van der Waals surface area contributed by atoms with E-state index < -0.39 is 0 Å². The first-order chi connectivity index (χ1) is 13.0. The smallest absolute Gasteiger partial charge is 0.0716 e. The highest BCUT2D eigenvalue weighted by atomic mass is 16.5. The Hall–Kier alpha value is -2.12. The summed E-state index contributed by atoms with van der Waals surface area (Å²) in [5, 5.41) is 0. The molecule has 0 unspecified atom stereocenters. The van der Waals surface area contributed by atoms with E-state index in [1.54, 1.807) is 28.4 Å². The largest absolute Gasteiger partial charge is 0.399 e. The molecule has 0 aliphatic heterocycles. The van der Waals surface area contributed by atoms with Crippen LogP contribution in [0.2, 0.25) is 0 Å². The van der Waals surface area contributed by atoms with Gasteiger partial charge in [-0.2, -0.15) is 0 Å². The minimum absolute atomic E-state index is 0.477. The van der Waals surface area contributed by atoms with E-state index in [4.69, 9.17) is 30.4 Å². The molecule has 2 rings (SSSR count). The summed E-state index contributed by atoms with van der Waals surface area (Å²) in [5.74, 6) is 0. The lowest BCUT2D eigenvalue weighted by molar-refractivity contribution is 0.177. The molecule has 0 bridgehead atoms. The lowest BCUT2D eigenvalue weighted by atomic mass is 9.89. The van der Waals surface area contributed by atoms with Gasteiger partial charge in [0.25, 0.3) is 0 Å². The fourth-order valence-corrected chi connectivity index (χ4v) is 3.42. The molecule has 0 amide bonds. The first-order valence-corrected chi connectivity index (χ1v) is 8.80. The van der Waals surface area contributed by atoms with Crippen molar-refractivity contribution < 1.29 is 18.9 Å². The van der Waals surface area contributed by atoms with Crippen LogP contribution in [0, 0.1) is 0 Å². The minimum Gasteiger partial charge on any atom is -0.399 e. The summed E-state index contributed by atoms with van der Waals surface area (Å²) in [5.41, 5.74) is 20.1. The Morgan fingerprint density at radius 2 is 0.815 bits per heavy atom. The quantitative estimate of drug-likeness (QED) is 0.622. The third kappa shape index (κ3) is 5.43. The molecule has 4 N–H and O–H groups in total. The molecule has 0 aliphatic carbocycles. The second kappa shape index (κ2) is 10.3. The molecule has 2 aromatic carbocycles. The maximum absolute atomic E-state index is 6.09. The highest BCUT2D eigenvalue weighted by Gasteiger charge is 2.17. The second-order valence-corrected chi connectivity index (χ2v) is 6.54. The van der Waals surface area contributed by atoms with Gasteiger partial charge >= 0.3 is 0 Å². The van der Waals surface area contributed by atoms with E-state index in [0.717, 1.165) is 33.4 Å². The van der Waals surface area contributed by atoms with Crippen molar-refractivity contribution in [3.05, 3.63) is 57.6 Å². The average Bonchev–Trinajstić information content (AvgIpc) is 2.60. The summed E-state index contributed by atoms with van der Waals surface area (Å²) in [6.45, 7) is 1.91. The Labute approximate surface area is 161 Å². The zero-order valence-electron chi connectivity index (χ0n) is 16.6. The van der Waals surface area contributed by atoms with Crippen LogP contribution in [0.15, 0.2) is 24.3 Å². The number of hydrogen-bond donors (Lipinski definition) is 2. The Bertz CT molecular complexity index is 644. The van der Waals surface area contributed by atoms with E-state index in [0.29, 0.717) is 44.2 Å². The summed E-state index contributed by atoms with van der Waals surface area (Å²) in [4.78, 5) is 0. The van der Waals surface area contributed by atoms with Crippen LogP contribution in [0.3, 0.4) is 0 Å². The van der Waals surface area contributed by atoms with Crippen molar-refractivity contribution in [1.29, 1.82) is 0 Å². The summed E-state index contributed by atoms with van der Waals surface area (Å²) < 4.78 is 21.6. The van der Waals surface area contributed by atoms with Crippen LogP contribution in [0.1, 0.15) is 33.4 Å². The second-order valence-electron chi connectivity index (χ2n) is 6.54. The Morgan fingerprint density at radius 3 is 1.04 bits per heavy atom. The number of ether oxygens (including phenoxy) is 4. The van der Waals surface area contributed by atoms with Crippen molar-refractivity contribution in [2.45, 2.75) is 32.8 Å². The van der Waals surface area contributed by atoms with Gasteiger partial charge in [0, 0.05) is 39.8 Å². The van der Waals surface area contributed by atoms with E-state index in [2.05, 4.69) is 0 Å². The molecule has 6 nitrogen and oxygen atoms in total. The normalized spacial score (nSPS) is 11.1. The van der Waals surface area contributed by atoms with Gasteiger partial charge in [-0.3, -0.25) is 0 Å². The van der Waals surface area contributed by atoms with E-state index in [1.807, 2.05) is 24.3 Å². The van der Waals surface area contributed by atoms with Crippen molar-refractivity contribution in [2.75, 3.05) is 39.9 Å². The van der Waals surface area contributed by atoms with Gasteiger partial charge in [-0.25, -0.2) is 0 Å². The molecule has 0 saturated carbocycles. The van der Waals surface area contributed by atoms with Gasteiger partial charge in [0.05, 0.1) is 26.4 Å². The maximum Gasteiger partial charge on any atom is 0.0716 e. The molecular weight excluding hydrogens is 344 g/mol. The third-order valence-corrected chi connectivity index (χ3v) is 4.47. The van der Waals surface area contributed by atoms with E-state index in [-0.39, 0.29) is 0 Å². The number of nitrogens with two attached hydrogens (primary N) is 2. The van der Waals surface area contributed by atoms with E-state index >= 15 is 0 Å². The summed E-state index contributed by atoms with van der Waals surface area (Å²) >= 11 is 0. The predicted molar refractivity (Wildman–Crippen MR) is 107 cm³/mol. The summed E-state index contributed by atoms with van der Waals surface area (Å²) in [6.07, 6.45) is 0.690. The summed E-state index contributed by atoms with van der Waals surface area (Å²) in [7, 11) is 6.72. The lowest BCUT2D eigenvalue weighted by Crippen LogP contribution is -2.10. The first-order valence-electron chi connectivity index (χ1n) is 8.80. The molecule has 0 atom stereocenters. The van der Waals surface area contributed by atoms with Crippen molar-refractivity contribution in [1.82, 2.24) is 0 Å².